The molecule has 160 valence electrons. The maximum atomic E-state index is 12.3. The molecule has 2 atom stereocenters. The molecule has 0 amide bonds. The molecule has 5 nitrogen and oxygen atoms in total. The van der Waals surface area contributed by atoms with Crippen LogP contribution in [0, 0.1) is 0 Å². The quantitative estimate of drug-likeness (QED) is 0.351. The molecule has 2 aromatic carbocycles. The molecule has 4 aromatic rings. The van der Waals surface area contributed by atoms with Gasteiger partial charge in [0.05, 0.1) is 21.1 Å². The molecule has 31 heavy (non-hydrogen) atoms. The second kappa shape index (κ2) is 9.02. The van der Waals surface area contributed by atoms with Crippen LogP contribution in [0.4, 0.5) is 0 Å². The molecule has 2 N–H and O–H groups in total. The fraction of sp³-hybridized carbons (Fsp3) is 0.250. The van der Waals surface area contributed by atoms with Crippen molar-refractivity contribution in [1.82, 2.24) is 10.1 Å². The lowest BCUT2D eigenvalue weighted by atomic mass is 9.83. The Balaban J connectivity index is 1.85. The highest BCUT2D eigenvalue weighted by Gasteiger charge is 2.31. The van der Waals surface area contributed by atoms with Gasteiger partial charge in [-0.3, -0.25) is 10.1 Å². The molecule has 0 fully saturated rings. The lowest BCUT2D eigenvalue weighted by Gasteiger charge is -2.28. The maximum Gasteiger partial charge on any atom is 0.168 e. The smallest absolute Gasteiger partial charge is 0.168 e. The van der Waals surface area contributed by atoms with Crippen molar-refractivity contribution in [2.45, 2.75) is 37.4 Å². The molecule has 2 aromatic heterocycles. The molecular formula is C24H24BrN3O2S. The van der Waals surface area contributed by atoms with Gasteiger partial charge in [-0.05, 0) is 78.4 Å². The molecule has 2 heterocycles. The number of benzene rings is 2. The van der Waals surface area contributed by atoms with E-state index in [0.29, 0.717) is 12.8 Å². The van der Waals surface area contributed by atoms with Crippen LogP contribution in [-0.2, 0) is 17.4 Å². The van der Waals surface area contributed by atoms with Crippen LogP contribution in [0.25, 0.3) is 22.2 Å². The summed E-state index contributed by atoms with van der Waals surface area (Å²) in [6, 6.07) is 19.9. The van der Waals surface area contributed by atoms with Gasteiger partial charge in [0.25, 0.3) is 0 Å². The SMILES string of the molecule is CC(C)(C[C@H](Cc1ccccn1)c1ccccc1-c1noc2cccc(Br)c12)S(N)=O. The normalized spacial score (nSPS) is 13.9. The molecular weight excluding hydrogens is 474 g/mol. The minimum Gasteiger partial charge on any atom is -0.356 e. The first-order valence-corrected chi connectivity index (χ1v) is 12.1. The van der Waals surface area contributed by atoms with Crippen molar-refractivity contribution < 1.29 is 8.73 Å². The zero-order valence-electron chi connectivity index (χ0n) is 17.4. The van der Waals surface area contributed by atoms with Crippen molar-refractivity contribution in [3.63, 3.8) is 0 Å². The van der Waals surface area contributed by atoms with E-state index in [1.807, 2.05) is 62.4 Å². The van der Waals surface area contributed by atoms with Gasteiger partial charge in [-0.25, -0.2) is 4.21 Å². The maximum absolute atomic E-state index is 12.3. The molecule has 4 rings (SSSR count). The number of halogens is 1. The minimum absolute atomic E-state index is 0.0443. The Morgan fingerprint density at radius 1 is 1.10 bits per heavy atom. The van der Waals surface area contributed by atoms with Crippen LogP contribution in [0.15, 0.2) is 75.9 Å². The van der Waals surface area contributed by atoms with Crippen molar-refractivity contribution in [2.75, 3.05) is 0 Å². The van der Waals surface area contributed by atoms with Gasteiger partial charge in [0, 0.05) is 21.9 Å². The van der Waals surface area contributed by atoms with Gasteiger partial charge in [0.15, 0.2) is 5.58 Å². The minimum atomic E-state index is -1.46. The van der Waals surface area contributed by atoms with Crippen molar-refractivity contribution in [1.29, 1.82) is 0 Å². The first-order chi connectivity index (χ1) is 14.9. The number of fused-ring (bicyclic) bond motifs is 1. The largest absolute Gasteiger partial charge is 0.356 e. The van der Waals surface area contributed by atoms with Crippen LogP contribution >= 0.6 is 15.9 Å². The average Bonchev–Trinajstić information content (AvgIpc) is 3.19. The predicted octanol–water partition coefficient (Wildman–Crippen LogP) is 5.77. The lowest BCUT2D eigenvalue weighted by Crippen LogP contribution is -2.34. The fourth-order valence-corrected chi connectivity index (χ4v) is 4.84. The van der Waals surface area contributed by atoms with Crippen molar-refractivity contribution in [3.8, 4) is 11.3 Å². The van der Waals surface area contributed by atoms with Gasteiger partial charge in [-0.2, -0.15) is 0 Å². The van der Waals surface area contributed by atoms with Crippen LogP contribution in [0.5, 0.6) is 0 Å². The predicted molar refractivity (Wildman–Crippen MR) is 129 cm³/mol. The van der Waals surface area contributed by atoms with E-state index in [9.17, 15) is 4.21 Å². The third kappa shape index (κ3) is 4.63. The van der Waals surface area contributed by atoms with Gasteiger partial charge in [-0.15, -0.1) is 0 Å². The van der Waals surface area contributed by atoms with E-state index in [2.05, 4.69) is 38.2 Å². The van der Waals surface area contributed by atoms with E-state index in [1.165, 1.54) is 0 Å². The summed E-state index contributed by atoms with van der Waals surface area (Å²) in [5.74, 6) is 0.0443. The van der Waals surface area contributed by atoms with E-state index in [-0.39, 0.29) is 5.92 Å². The van der Waals surface area contributed by atoms with Gasteiger partial charge < -0.3 is 4.52 Å². The third-order valence-electron chi connectivity index (χ3n) is 5.57. The van der Waals surface area contributed by atoms with Crippen LogP contribution in [0.3, 0.4) is 0 Å². The Morgan fingerprint density at radius 3 is 2.61 bits per heavy atom. The zero-order valence-corrected chi connectivity index (χ0v) is 19.8. The van der Waals surface area contributed by atoms with Crippen LogP contribution in [-0.4, -0.2) is 19.1 Å². The van der Waals surface area contributed by atoms with E-state index >= 15 is 0 Å². The number of hydrogen-bond donors (Lipinski definition) is 1. The summed E-state index contributed by atoms with van der Waals surface area (Å²) in [6.45, 7) is 3.89. The van der Waals surface area contributed by atoms with Gasteiger partial charge in [0.2, 0.25) is 0 Å². The Kier molecular flexibility index (Phi) is 6.36. The second-order valence-corrected chi connectivity index (χ2v) is 10.8. The molecule has 1 unspecified atom stereocenters. The summed E-state index contributed by atoms with van der Waals surface area (Å²) in [6.07, 6.45) is 3.14. The summed E-state index contributed by atoms with van der Waals surface area (Å²) < 4.78 is 18.2. The second-order valence-electron chi connectivity index (χ2n) is 8.21. The van der Waals surface area contributed by atoms with E-state index in [0.717, 1.165) is 38.0 Å². The molecule has 0 aliphatic rings. The average molecular weight is 498 g/mol. The summed E-state index contributed by atoms with van der Waals surface area (Å²) >= 11 is 3.64. The summed E-state index contributed by atoms with van der Waals surface area (Å²) in [4.78, 5) is 4.53. The van der Waals surface area contributed by atoms with Crippen LogP contribution in [0.1, 0.15) is 37.4 Å². The third-order valence-corrected chi connectivity index (χ3v) is 7.48. The molecule has 0 bridgehead atoms. The monoisotopic (exact) mass is 497 g/mol. The molecule has 0 aliphatic heterocycles. The first-order valence-electron chi connectivity index (χ1n) is 10.1. The summed E-state index contributed by atoms with van der Waals surface area (Å²) in [7, 11) is -1.46. The Hall–Kier alpha value is -2.35. The highest BCUT2D eigenvalue weighted by molar-refractivity contribution is 9.10. The zero-order chi connectivity index (χ0) is 22.0. The summed E-state index contributed by atoms with van der Waals surface area (Å²) in [5, 5.41) is 11.2. The van der Waals surface area contributed by atoms with Crippen molar-refractivity contribution >= 4 is 37.9 Å². The van der Waals surface area contributed by atoms with Crippen LogP contribution < -0.4 is 5.14 Å². The van der Waals surface area contributed by atoms with Crippen molar-refractivity contribution in [2.24, 2.45) is 5.14 Å². The number of rotatable bonds is 7. The van der Waals surface area contributed by atoms with E-state index in [1.54, 1.807) is 6.20 Å². The van der Waals surface area contributed by atoms with Crippen LogP contribution in [0.2, 0.25) is 0 Å². The molecule has 0 radical (unpaired) electrons. The fourth-order valence-electron chi connectivity index (χ4n) is 3.94. The van der Waals surface area contributed by atoms with Gasteiger partial charge in [0.1, 0.15) is 5.69 Å². The molecule has 0 saturated carbocycles. The number of nitrogens with two attached hydrogens (primary N) is 1. The lowest BCUT2D eigenvalue weighted by molar-refractivity contribution is 0.459. The topological polar surface area (TPSA) is 82.0 Å². The van der Waals surface area contributed by atoms with E-state index in [4.69, 9.17) is 9.66 Å². The van der Waals surface area contributed by atoms with Gasteiger partial charge >= 0.3 is 0 Å². The molecule has 0 aliphatic carbocycles. The van der Waals surface area contributed by atoms with Gasteiger partial charge in [-0.1, -0.05) is 41.6 Å². The summed E-state index contributed by atoms with van der Waals surface area (Å²) in [5.41, 5.74) is 4.59. The molecule has 0 spiro atoms. The Labute approximate surface area is 192 Å². The Morgan fingerprint density at radius 2 is 1.87 bits per heavy atom. The number of hydrogen-bond acceptors (Lipinski definition) is 4. The highest BCUT2D eigenvalue weighted by atomic mass is 79.9. The number of pyridine rings is 1. The molecule has 0 saturated heterocycles. The number of nitrogens with zero attached hydrogens (tertiary/aromatic N) is 2. The molecule has 7 heteroatoms. The highest BCUT2D eigenvalue weighted by Crippen LogP contribution is 2.40. The Bertz CT molecular complexity index is 1220. The number of aromatic nitrogens is 2. The van der Waals surface area contributed by atoms with Crippen molar-refractivity contribution in [3.05, 3.63) is 82.6 Å². The standard InChI is InChI=1S/C24H24BrN3O2S/c1-24(2,31(26)29)15-16(14-17-8-5-6-13-27-17)18-9-3-4-10-19(18)23-22-20(25)11-7-12-21(22)30-28-23/h3-13,16H,14-15,26H2,1-2H3/t16-,31?/m0/s1. The first kappa shape index (κ1) is 21.9. The van der Waals surface area contributed by atoms with E-state index < -0.39 is 15.7 Å².